The summed E-state index contributed by atoms with van der Waals surface area (Å²) in [6.07, 6.45) is -8.75. The minimum Gasteiger partial charge on any atom is -0.481 e. The molecule has 2 atom stereocenters. The molecule has 0 radical (unpaired) electrons. The zero-order valence-corrected chi connectivity index (χ0v) is 27.4. The second-order valence-electron chi connectivity index (χ2n) is 11.3. The maximum atomic E-state index is 13.9. The Kier molecular flexibility index (Phi) is 11.4. The molecule has 50 heavy (non-hydrogen) atoms. The number of carbonyl (C=O) groups is 3. The molecular weight excluding hydrogens is 678 g/mol. The third-order valence-corrected chi connectivity index (χ3v) is 8.03. The molecule has 2 aromatic heterocycles. The number of nitrogens with zero attached hydrogens (tertiary/aromatic N) is 6. The van der Waals surface area contributed by atoms with Crippen LogP contribution in [0.25, 0.3) is 0 Å². The number of carbonyl (C=O) groups excluding carboxylic acids is 2. The van der Waals surface area contributed by atoms with Crippen molar-refractivity contribution in [2.24, 2.45) is 0 Å². The van der Waals surface area contributed by atoms with Crippen molar-refractivity contribution in [1.29, 1.82) is 0 Å². The average Bonchev–Trinajstić information content (AvgIpc) is 3.07. The summed E-state index contributed by atoms with van der Waals surface area (Å²) in [6, 6.07) is 2.80. The molecule has 12 nitrogen and oxygen atoms in total. The van der Waals surface area contributed by atoms with Crippen LogP contribution in [0.15, 0.2) is 42.7 Å². The van der Waals surface area contributed by atoms with Gasteiger partial charge in [0.2, 0.25) is 17.7 Å². The number of benzene rings is 1. The third-order valence-electron chi connectivity index (χ3n) is 8.03. The molecule has 0 saturated carbocycles. The Bertz CT molecular complexity index is 1670. The number of halogens is 6. The molecule has 0 bridgehead atoms. The number of pyridine rings is 1. The fourth-order valence-electron chi connectivity index (χ4n) is 5.54. The van der Waals surface area contributed by atoms with E-state index in [1.165, 1.54) is 42.4 Å². The van der Waals surface area contributed by atoms with E-state index in [9.17, 15) is 40.7 Å². The first-order valence-corrected chi connectivity index (χ1v) is 15.3. The quantitative estimate of drug-likeness (QED) is 0.216. The van der Waals surface area contributed by atoms with Crippen LogP contribution in [0.4, 0.5) is 48.5 Å². The topological polar surface area (TPSA) is 138 Å². The van der Waals surface area contributed by atoms with Gasteiger partial charge in [0.05, 0.1) is 66.8 Å². The van der Waals surface area contributed by atoms with E-state index in [1.807, 2.05) is 0 Å². The molecule has 4 rings (SSSR count). The van der Waals surface area contributed by atoms with Crippen LogP contribution in [0.5, 0.6) is 5.88 Å². The van der Waals surface area contributed by atoms with Gasteiger partial charge in [-0.1, -0.05) is 6.92 Å². The summed E-state index contributed by atoms with van der Waals surface area (Å²) in [4.78, 5) is 53.7. The summed E-state index contributed by atoms with van der Waals surface area (Å²) in [6.45, 7) is 2.91. The number of aliphatic carboxylic acids is 1. The van der Waals surface area contributed by atoms with E-state index in [2.05, 4.69) is 15.0 Å². The van der Waals surface area contributed by atoms with Crippen LogP contribution >= 0.6 is 0 Å². The molecule has 0 spiro atoms. The van der Waals surface area contributed by atoms with Gasteiger partial charge >= 0.3 is 24.4 Å². The van der Waals surface area contributed by atoms with E-state index in [-0.39, 0.29) is 60.0 Å². The zero-order valence-electron chi connectivity index (χ0n) is 27.4. The minimum atomic E-state index is -5.10. The molecule has 0 unspecified atom stereocenters. The molecule has 0 fully saturated rings. The summed E-state index contributed by atoms with van der Waals surface area (Å²) in [5.41, 5.74) is -2.78. The van der Waals surface area contributed by atoms with E-state index in [0.29, 0.717) is 18.6 Å². The minimum absolute atomic E-state index is 0.0308. The van der Waals surface area contributed by atoms with Crippen LogP contribution in [-0.2, 0) is 33.2 Å². The number of hydrogen-bond acceptors (Lipinski definition) is 9. The highest BCUT2D eigenvalue weighted by Gasteiger charge is 2.42. The van der Waals surface area contributed by atoms with Crippen molar-refractivity contribution < 1.29 is 55.3 Å². The van der Waals surface area contributed by atoms with E-state index >= 15 is 0 Å². The monoisotopic (exact) mass is 712 g/mol. The number of aromatic nitrogens is 3. The van der Waals surface area contributed by atoms with Crippen molar-refractivity contribution in [3.63, 3.8) is 0 Å². The van der Waals surface area contributed by atoms with Gasteiger partial charge in [0, 0.05) is 32.1 Å². The fraction of sp³-hybridized carbons (Fsp3) is 0.438. The lowest BCUT2D eigenvalue weighted by Crippen LogP contribution is -2.48. The Hall–Kier alpha value is -5.16. The van der Waals surface area contributed by atoms with Gasteiger partial charge in [0.25, 0.3) is 0 Å². The molecule has 0 aliphatic carbocycles. The molecule has 2 amide bonds. The van der Waals surface area contributed by atoms with Crippen LogP contribution in [0.1, 0.15) is 68.0 Å². The number of anilines is 3. The third kappa shape index (κ3) is 8.52. The largest absolute Gasteiger partial charge is 0.481 e. The van der Waals surface area contributed by atoms with E-state index in [0.717, 1.165) is 4.90 Å². The van der Waals surface area contributed by atoms with Crippen molar-refractivity contribution in [3.05, 3.63) is 65.1 Å². The molecule has 3 aromatic rings. The molecule has 1 aromatic carbocycles. The first-order chi connectivity index (χ1) is 23.5. The smallest absolute Gasteiger partial charge is 0.416 e. The molecule has 270 valence electrons. The number of methoxy groups -OCH3 is 1. The van der Waals surface area contributed by atoms with Crippen LogP contribution in [0, 0.1) is 0 Å². The Morgan fingerprint density at radius 2 is 1.60 bits per heavy atom. The van der Waals surface area contributed by atoms with Crippen molar-refractivity contribution in [2.75, 3.05) is 35.5 Å². The predicted octanol–water partition coefficient (Wildman–Crippen LogP) is 6.64. The lowest BCUT2D eigenvalue weighted by molar-refractivity contribution is -0.143. The SMILES string of the molecule is CCOC(=O)N1c2ccc(OC)nc2[C@@H](N(Cc2cc(C(F)(F)F)cc(C(F)(F)F)c2)c2ncc(N(C)C(=O)CCC(=O)O)cn2)C[C@H]1CC. The van der Waals surface area contributed by atoms with Crippen LogP contribution < -0.4 is 19.4 Å². The Morgan fingerprint density at radius 1 is 0.980 bits per heavy atom. The fourth-order valence-corrected chi connectivity index (χ4v) is 5.54. The van der Waals surface area contributed by atoms with Crippen LogP contribution in [-0.4, -0.2) is 64.8 Å². The Labute approximate surface area is 282 Å². The number of alkyl halides is 6. The number of fused-ring (bicyclic) bond motifs is 1. The summed E-state index contributed by atoms with van der Waals surface area (Å²) >= 11 is 0. The van der Waals surface area contributed by atoms with E-state index in [4.69, 9.17) is 14.6 Å². The lowest BCUT2D eigenvalue weighted by Gasteiger charge is -2.43. The number of carboxylic acids is 1. The number of rotatable bonds is 11. The van der Waals surface area contributed by atoms with Crippen molar-refractivity contribution in [2.45, 2.75) is 70.5 Å². The highest BCUT2D eigenvalue weighted by atomic mass is 19.4. The van der Waals surface area contributed by atoms with E-state index < -0.39 is 66.5 Å². The second kappa shape index (κ2) is 15.2. The highest BCUT2D eigenvalue weighted by molar-refractivity contribution is 5.94. The van der Waals surface area contributed by atoms with Gasteiger partial charge in [-0.15, -0.1) is 0 Å². The summed E-state index contributed by atoms with van der Waals surface area (Å²) in [7, 11) is 2.71. The molecule has 18 heteroatoms. The van der Waals surface area contributed by atoms with E-state index in [1.54, 1.807) is 19.9 Å². The van der Waals surface area contributed by atoms with Crippen molar-refractivity contribution in [1.82, 2.24) is 15.0 Å². The zero-order chi connectivity index (χ0) is 37.0. The highest BCUT2D eigenvalue weighted by Crippen LogP contribution is 2.44. The first kappa shape index (κ1) is 37.7. The van der Waals surface area contributed by atoms with Crippen LogP contribution in [0.2, 0.25) is 0 Å². The summed E-state index contributed by atoms with van der Waals surface area (Å²) in [5, 5.41) is 8.93. The summed E-state index contributed by atoms with van der Waals surface area (Å²) in [5.74, 6) is -1.77. The number of ether oxygens (including phenoxy) is 2. The van der Waals surface area contributed by atoms with Crippen LogP contribution in [0.3, 0.4) is 0 Å². The first-order valence-electron chi connectivity index (χ1n) is 15.3. The van der Waals surface area contributed by atoms with Gasteiger partial charge in [-0.05, 0) is 49.6 Å². The molecule has 0 saturated heterocycles. The molecule has 3 heterocycles. The lowest BCUT2D eigenvalue weighted by atomic mass is 9.92. The van der Waals surface area contributed by atoms with Gasteiger partial charge in [-0.25, -0.2) is 19.7 Å². The molecule has 1 N–H and O–H groups in total. The predicted molar refractivity (Wildman–Crippen MR) is 167 cm³/mol. The summed E-state index contributed by atoms with van der Waals surface area (Å²) < 4.78 is 93.7. The number of carboxylic acid groups (broad SMARTS) is 1. The number of amides is 2. The van der Waals surface area contributed by atoms with Crippen molar-refractivity contribution in [3.8, 4) is 5.88 Å². The van der Waals surface area contributed by atoms with Crippen molar-refractivity contribution >= 4 is 35.3 Å². The normalized spacial score (nSPS) is 16.0. The molecular formula is C32H34F6N6O6. The van der Waals surface area contributed by atoms with Gasteiger partial charge in [-0.2, -0.15) is 26.3 Å². The van der Waals surface area contributed by atoms with Gasteiger partial charge in [-0.3, -0.25) is 14.5 Å². The molecule has 1 aliphatic heterocycles. The average molecular weight is 713 g/mol. The maximum absolute atomic E-state index is 13.9. The number of hydrogen-bond donors (Lipinski definition) is 1. The molecule has 1 aliphatic rings. The van der Waals surface area contributed by atoms with Gasteiger partial charge in [0.15, 0.2) is 0 Å². The van der Waals surface area contributed by atoms with Gasteiger partial charge < -0.3 is 24.4 Å². The van der Waals surface area contributed by atoms with Gasteiger partial charge in [0.1, 0.15) is 0 Å². The Balaban J connectivity index is 1.89. The maximum Gasteiger partial charge on any atom is 0.416 e. The second-order valence-corrected chi connectivity index (χ2v) is 11.3. The standard InChI is InChI=1S/C32H34F6N6O6/c1-5-21-14-24(28-23(7-8-25(41-28)49-4)44(21)30(48)50-6-2)43(17-18-11-19(31(33,34)35)13-20(12-18)32(36,37)38)29-39-15-22(16-40-29)42(3)26(45)9-10-27(46)47/h7-8,11-13,15-16,21,24H,5-6,9-10,14,17H2,1-4H3,(H,46,47)/t21-,24+/m1/s1. The Morgan fingerprint density at radius 3 is 2.12 bits per heavy atom.